The van der Waals surface area contributed by atoms with Gasteiger partial charge in [-0.05, 0) is 22.6 Å². The molecule has 0 radical (unpaired) electrons. The number of hydroxylamine groups is 2. The summed E-state index contributed by atoms with van der Waals surface area (Å²) in [6.07, 6.45) is -3.09. The lowest BCUT2D eigenvalue weighted by Crippen LogP contribution is -2.68. The lowest BCUT2D eigenvalue weighted by Gasteiger charge is -2.40. The van der Waals surface area contributed by atoms with Gasteiger partial charge in [0.05, 0.1) is 10.2 Å². The number of rotatable bonds is 4. The molecular formula is C10H13FIN3O8. The number of ether oxygens (including phenoxy) is 1. The van der Waals surface area contributed by atoms with Gasteiger partial charge in [0.1, 0.15) is 12.2 Å². The summed E-state index contributed by atoms with van der Waals surface area (Å²) in [5.41, 5.74) is -5.32. The summed E-state index contributed by atoms with van der Waals surface area (Å²) in [6, 6.07) is 0. The minimum Gasteiger partial charge on any atom is -0.394 e. The molecule has 2 rings (SSSR count). The van der Waals surface area contributed by atoms with Crippen molar-refractivity contribution in [1.82, 2.24) is 14.6 Å². The lowest BCUT2D eigenvalue weighted by molar-refractivity contribution is -0.416. The van der Waals surface area contributed by atoms with E-state index in [0.29, 0.717) is 0 Å². The molecule has 4 atom stereocenters. The number of nitrogens with one attached hydrogen (secondary N) is 1. The molecule has 11 nitrogen and oxygen atoms in total. The monoisotopic (exact) mass is 449 g/mol. The standard InChI is InChI=1S/C10H13FIN3O8/c11-3-15(22)9(20)6(17)5(2-16)23-10(9,21)14-1-4(12)7(18)13-8(14)19/h1,5-6,16-17,20-22H,2-3H2,(H,13,18,19)/t5-,6-,9-,10-/m1/s1. The average Bonchev–Trinajstić information content (AvgIpc) is 2.72. The Bertz CT molecular complexity index is 712. The first-order valence-electron chi connectivity index (χ1n) is 6.09. The van der Waals surface area contributed by atoms with Crippen molar-refractivity contribution in [3.05, 3.63) is 30.6 Å². The van der Waals surface area contributed by atoms with Gasteiger partial charge in [0.15, 0.2) is 6.80 Å². The summed E-state index contributed by atoms with van der Waals surface area (Å²) in [7, 11) is 0. The van der Waals surface area contributed by atoms with Gasteiger partial charge in [0.2, 0.25) is 5.72 Å². The van der Waals surface area contributed by atoms with Crippen LogP contribution in [0.15, 0.2) is 15.8 Å². The first-order chi connectivity index (χ1) is 10.6. The molecule has 130 valence electrons. The van der Waals surface area contributed by atoms with Crippen molar-refractivity contribution >= 4 is 22.6 Å². The molecule has 23 heavy (non-hydrogen) atoms. The second-order valence-electron chi connectivity index (χ2n) is 4.74. The number of aromatic amines is 1. The Morgan fingerprint density at radius 2 is 2.09 bits per heavy atom. The maximum atomic E-state index is 12.8. The summed E-state index contributed by atoms with van der Waals surface area (Å²) < 4.78 is 17.8. The van der Waals surface area contributed by atoms with Gasteiger partial charge in [-0.1, -0.05) is 0 Å². The van der Waals surface area contributed by atoms with E-state index in [1.165, 1.54) is 22.6 Å². The Morgan fingerprint density at radius 3 is 2.61 bits per heavy atom. The molecule has 1 aromatic heterocycles. The number of alkyl halides is 1. The van der Waals surface area contributed by atoms with Gasteiger partial charge in [0.25, 0.3) is 5.56 Å². The second kappa shape index (κ2) is 6.17. The predicted molar refractivity (Wildman–Crippen MR) is 76.7 cm³/mol. The number of nitrogens with zero attached hydrogens (tertiary/aromatic N) is 2. The topological polar surface area (TPSA) is 168 Å². The van der Waals surface area contributed by atoms with E-state index in [1.807, 2.05) is 0 Å². The van der Waals surface area contributed by atoms with Crippen LogP contribution in [-0.2, 0) is 10.6 Å². The fraction of sp³-hybridized carbons (Fsp3) is 0.600. The smallest absolute Gasteiger partial charge is 0.332 e. The van der Waals surface area contributed by atoms with E-state index in [-0.39, 0.29) is 8.14 Å². The molecule has 0 unspecified atom stereocenters. The Balaban J connectivity index is 2.73. The van der Waals surface area contributed by atoms with Crippen LogP contribution in [-0.4, -0.2) is 71.6 Å². The van der Waals surface area contributed by atoms with Crippen LogP contribution in [0.3, 0.4) is 0 Å². The molecule has 1 aromatic rings. The van der Waals surface area contributed by atoms with Crippen LogP contribution < -0.4 is 11.2 Å². The molecule has 0 saturated carbocycles. The summed E-state index contributed by atoms with van der Waals surface area (Å²) in [5, 5.41) is 49.2. The van der Waals surface area contributed by atoms with Crippen molar-refractivity contribution in [1.29, 1.82) is 0 Å². The number of hydrogen-bond acceptors (Lipinski definition) is 9. The third-order valence-corrected chi connectivity index (χ3v) is 4.24. The van der Waals surface area contributed by atoms with Crippen molar-refractivity contribution < 1.29 is 34.8 Å². The number of halogens is 2. The van der Waals surface area contributed by atoms with Crippen molar-refractivity contribution in [2.24, 2.45) is 0 Å². The van der Waals surface area contributed by atoms with Gasteiger partial charge in [-0.15, -0.1) is 5.06 Å². The van der Waals surface area contributed by atoms with Crippen LogP contribution in [0.1, 0.15) is 0 Å². The second-order valence-corrected chi connectivity index (χ2v) is 5.91. The zero-order valence-electron chi connectivity index (χ0n) is 11.3. The molecule has 1 aliphatic heterocycles. The van der Waals surface area contributed by atoms with Crippen LogP contribution in [0, 0.1) is 3.57 Å². The van der Waals surface area contributed by atoms with E-state index in [2.05, 4.69) is 0 Å². The minimum atomic E-state index is -3.25. The van der Waals surface area contributed by atoms with E-state index in [0.717, 1.165) is 6.20 Å². The third-order valence-electron chi connectivity index (χ3n) is 3.47. The van der Waals surface area contributed by atoms with Gasteiger partial charge in [-0.3, -0.25) is 9.78 Å². The molecule has 0 spiro atoms. The molecule has 6 N–H and O–H groups in total. The molecular weight excluding hydrogens is 436 g/mol. The van der Waals surface area contributed by atoms with Crippen molar-refractivity contribution in [2.45, 2.75) is 23.8 Å². The Kier molecular flexibility index (Phi) is 4.94. The van der Waals surface area contributed by atoms with Gasteiger partial charge < -0.3 is 30.4 Å². The highest BCUT2D eigenvalue weighted by Crippen LogP contribution is 2.42. The maximum absolute atomic E-state index is 12.8. The van der Waals surface area contributed by atoms with Gasteiger partial charge in [-0.2, -0.15) is 0 Å². The quantitative estimate of drug-likeness (QED) is 0.120. The van der Waals surface area contributed by atoms with Gasteiger partial charge in [0, 0.05) is 6.20 Å². The number of aromatic nitrogens is 2. The first-order valence-corrected chi connectivity index (χ1v) is 7.17. The van der Waals surface area contributed by atoms with E-state index in [9.17, 15) is 34.5 Å². The average molecular weight is 449 g/mol. The maximum Gasteiger partial charge on any atom is 0.332 e. The molecule has 0 aromatic carbocycles. The fourth-order valence-electron chi connectivity index (χ4n) is 2.27. The molecule has 1 fully saturated rings. The van der Waals surface area contributed by atoms with Crippen LogP contribution in [0.4, 0.5) is 4.39 Å². The molecule has 1 aliphatic rings. The Hall–Kier alpha value is -0.940. The van der Waals surface area contributed by atoms with Crippen LogP contribution >= 0.6 is 22.6 Å². The summed E-state index contributed by atoms with van der Waals surface area (Å²) in [5.74, 6) is -3.21. The molecule has 13 heteroatoms. The van der Waals surface area contributed by atoms with E-state index in [1.54, 1.807) is 4.98 Å². The Labute approximate surface area is 140 Å². The van der Waals surface area contributed by atoms with Crippen LogP contribution in [0.2, 0.25) is 0 Å². The number of aliphatic hydroxyl groups excluding tert-OH is 2. The first kappa shape index (κ1) is 18.4. The predicted octanol–water partition coefficient (Wildman–Crippen LogP) is -3.20. The van der Waals surface area contributed by atoms with Crippen molar-refractivity contribution in [2.75, 3.05) is 13.4 Å². The van der Waals surface area contributed by atoms with Gasteiger partial charge >= 0.3 is 11.6 Å². The molecule has 0 bridgehead atoms. The Morgan fingerprint density at radius 1 is 1.48 bits per heavy atom. The van der Waals surface area contributed by atoms with Crippen molar-refractivity contribution in [3.63, 3.8) is 0 Å². The summed E-state index contributed by atoms with van der Waals surface area (Å²) in [4.78, 5) is 25.1. The molecule has 1 saturated heterocycles. The number of hydrogen-bond donors (Lipinski definition) is 6. The zero-order valence-corrected chi connectivity index (χ0v) is 13.4. The molecule has 2 heterocycles. The lowest BCUT2D eigenvalue weighted by atomic mass is 10.0. The third kappa shape index (κ3) is 2.52. The van der Waals surface area contributed by atoms with E-state index >= 15 is 0 Å². The van der Waals surface area contributed by atoms with Gasteiger partial charge in [-0.25, -0.2) is 13.8 Å². The highest BCUT2D eigenvalue weighted by atomic mass is 127. The highest BCUT2D eigenvalue weighted by molar-refractivity contribution is 14.1. The van der Waals surface area contributed by atoms with E-state index in [4.69, 9.17) is 9.84 Å². The minimum absolute atomic E-state index is 0.117. The van der Waals surface area contributed by atoms with Crippen LogP contribution in [0.25, 0.3) is 0 Å². The largest absolute Gasteiger partial charge is 0.394 e. The molecule has 0 aliphatic carbocycles. The highest BCUT2D eigenvalue weighted by Gasteiger charge is 2.70. The summed E-state index contributed by atoms with van der Waals surface area (Å²) in [6.45, 7) is -2.69. The molecule has 0 amide bonds. The number of aliphatic hydroxyl groups is 4. The SMILES string of the molecule is O=c1[nH]c(=O)n([C@]2(O)O[C@H](CO)[C@@H](O)[C@]2(O)N(O)CF)cc1I. The number of H-pyrrole nitrogens is 1. The van der Waals surface area contributed by atoms with Crippen LogP contribution in [0.5, 0.6) is 0 Å². The normalized spacial score (nSPS) is 34.3. The zero-order chi connectivity index (χ0) is 17.6. The van der Waals surface area contributed by atoms with E-state index < -0.39 is 53.6 Å². The van der Waals surface area contributed by atoms with Crippen molar-refractivity contribution in [3.8, 4) is 0 Å². The fourth-order valence-corrected chi connectivity index (χ4v) is 2.68. The summed E-state index contributed by atoms with van der Waals surface area (Å²) >= 11 is 1.50.